The molecule has 0 spiro atoms. The molecule has 5 nitrogen and oxygen atoms in total. The van der Waals surface area contributed by atoms with Gasteiger partial charge >= 0.3 is 0 Å². The van der Waals surface area contributed by atoms with Crippen LogP contribution in [0, 0.1) is 11.2 Å². The minimum atomic E-state index is -0.941. The summed E-state index contributed by atoms with van der Waals surface area (Å²) < 4.78 is 18.3. The minimum absolute atomic E-state index is 0.257. The van der Waals surface area contributed by atoms with Crippen LogP contribution in [0.25, 0.3) is 0 Å². The Morgan fingerprint density at radius 2 is 1.82 bits per heavy atom. The third-order valence-corrected chi connectivity index (χ3v) is 3.85. The molecule has 120 valence electrons. The second-order valence-corrected chi connectivity index (χ2v) is 5.43. The Bertz CT molecular complexity index is 544. The molecule has 1 aromatic rings. The van der Waals surface area contributed by atoms with Crippen LogP contribution in [0.3, 0.4) is 0 Å². The molecule has 1 fully saturated rings. The smallest absolute Gasteiger partial charge is 0.235 e. The summed E-state index contributed by atoms with van der Waals surface area (Å²) in [7, 11) is 1.55. The zero-order valence-electron chi connectivity index (χ0n) is 12.7. The van der Waals surface area contributed by atoms with Crippen LogP contribution in [0.15, 0.2) is 24.3 Å². The largest absolute Gasteiger partial charge is 0.383 e. The van der Waals surface area contributed by atoms with Crippen LogP contribution in [0.1, 0.15) is 18.4 Å². The van der Waals surface area contributed by atoms with Crippen LogP contribution >= 0.6 is 0 Å². The van der Waals surface area contributed by atoms with E-state index < -0.39 is 5.41 Å². The molecule has 1 saturated carbocycles. The Morgan fingerprint density at radius 1 is 1.18 bits per heavy atom. The van der Waals surface area contributed by atoms with E-state index in [1.807, 2.05) is 0 Å². The molecule has 2 amide bonds. The molecule has 0 aromatic heterocycles. The van der Waals surface area contributed by atoms with Crippen LogP contribution in [-0.2, 0) is 20.7 Å². The Morgan fingerprint density at radius 3 is 2.41 bits per heavy atom. The zero-order valence-corrected chi connectivity index (χ0v) is 12.7. The lowest BCUT2D eigenvalue weighted by molar-refractivity contribution is -0.137. The van der Waals surface area contributed by atoms with Crippen LogP contribution in [0.4, 0.5) is 4.39 Å². The summed E-state index contributed by atoms with van der Waals surface area (Å²) in [6, 6.07) is 6.46. The van der Waals surface area contributed by atoms with Gasteiger partial charge in [0.15, 0.2) is 0 Å². The molecule has 2 N–H and O–H groups in total. The number of rotatable bonds is 8. The highest BCUT2D eigenvalue weighted by Crippen LogP contribution is 2.46. The van der Waals surface area contributed by atoms with E-state index in [4.69, 9.17) is 4.74 Å². The number of carbonyl (C=O) groups excluding carboxylic acids is 2. The highest BCUT2D eigenvalue weighted by Gasteiger charge is 2.56. The normalized spacial score (nSPS) is 15.2. The lowest BCUT2D eigenvalue weighted by atomic mass is 10.0. The number of hydrogen-bond acceptors (Lipinski definition) is 3. The molecule has 1 aromatic carbocycles. The highest BCUT2D eigenvalue weighted by molar-refractivity contribution is 6.07. The van der Waals surface area contributed by atoms with Crippen molar-refractivity contribution in [3.05, 3.63) is 35.6 Å². The summed E-state index contributed by atoms with van der Waals surface area (Å²) in [6.07, 6.45) is 1.51. The number of hydrogen-bond donors (Lipinski definition) is 2. The molecule has 1 aliphatic carbocycles. The van der Waals surface area contributed by atoms with Crippen molar-refractivity contribution in [2.75, 3.05) is 26.8 Å². The summed E-state index contributed by atoms with van der Waals surface area (Å²) in [5.41, 5.74) is -0.389. The Labute approximate surface area is 129 Å². The van der Waals surface area contributed by atoms with Gasteiger partial charge in [-0.05, 0) is 30.9 Å². The van der Waals surface area contributed by atoms with Gasteiger partial charge in [0.05, 0.1) is 6.61 Å². The number of nitrogens with one attached hydrogen (secondary N) is 2. The summed E-state index contributed by atoms with van der Waals surface area (Å²) in [4.78, 5) is 24.2. The maximum absolute atomic E-state index is 13.5. The molecular formula is C16H21FN2O3. The third-order valence-electron chi connectivity index (χ3n) is 3.85. The van der Waals surface area contributed by atoms with Crippen LogP contribution < -0.4 is 10.6 Å². The quantitative estimate of drug-likeness (QED) is 0.557. The van der Waals surface area contributed by atoms with Crippen molar-refractivity contribution >= 4 is 11.8 Å². The van der Waals surface area contributed by atoms with E-state index >= 15 is 0 Å². The first kappa shape index (κ1) is 16.4. The van der Waals surface area contributed by atoms with E-state index in [0.29, 0.717) is 44.5 Å². The van der Waals surface area contributed by atoms with E-state index in [1.54, 1.807) is 25.3 Å². The van der Waals surface area contributed by atoms with Gasteiger partial charge < -0.3 is 15.4 Å². The topological polar surface area (TPSA) is 67.4 Å². The predicted molar refractivity (Wildman–Crippen MR) is 79.7 cm³/mol. The second-order valence-electron chi connectivity index (χ2n) is 5.43. The molecule has 2 rings (SSSR count). The van der Waals surface area contributed by atoms with Gasteiger partial charge in [-0.2, -0.15) is 0 Å². The van der Waals surface area contributed by atoms with Gasteiger partial charge in [0.1, 0.15) is 11.2 Å². The number of amides is 2. The van der Waals surface area contributed by atoms with Crippen LogP contribution in [0.2, 0.25) is 0 Å². The summed E-state index contributed by atoms with van der Waals surface area (Å²) in [5.74, 6) is -0.818. The lowest BCUT2D eigenvalue weighted by Gasteiger charge is -2.15. The standard InChI is InChI=1S/C16H21FN2O3/c1-22-11-10-19-15(21)16(7-8-16)14(20)18-9-6-12-4-2-3-5-13(12)17/h2-5H,6-11H2,1H3,(H,18,20)(H,19,21). The van der Waals surface area contributed by atoms with Gasteiger partial charge in [0.25, 0.3) is 0 Å². The molecule has 0 bridgehead atoms. The molecule has 0 saturated heterocycles. The fourth-order valence-electron chi connectivity index (χ4n) is 2.30. The molecule has 0 atom stereocenters. The van der Waals surface area contributed by atoms with Gasteiger partial charge in [-0.3, -0.25) is 9.59 Å². The van der Waals surface area contributed by atoms with Gasteiger partial charge in [-0.15, -0.1) is 0 Å². The third kappa shape index (κ3) is 3.82. The summed E-state index contributed by atoms with van der Waals surface area (Å²) in [6.45, 7) is 1.11. The van der Waals surface area contributed by atoms with E-state index in [0.717, 1.165) is 0 Å². The van der Waals surface area contributed by atoms with Crippen molar-refractivity contribution in [3.8, 4) is 0 Å². The minimum Gasteiger partial charge on any atom is -0.383 e. The van der Waals surface area contributed by atoms with Crippen molar-refractivity contribution in [2.24, 2.45) is 5.41 Å². The molecule has 1 aliphatic rings. The highest BCUT2D eigenvalue weighted by atomic mass is 19.1. The number of benzene rings is 1. The van der Waals surface area contributed by atoms with Crippen LogP contribution in [-0.4, -0.2) is 38.6 Å². The maximum Gasteiger partial charge on any atom is 0.235 e. The Kier molecular flexibility index (Phi) is 5.49. The monoisotopic (exact) mass is 308 g/mol. The average molecular weight is 308 g/mol. The summed E-state index contributed by atoms with van der Waals surface area (Å²) >= 11 is 0. The van der Waals surface area contributed by atoms with Gasteiger partial charge in [-0.1, -0.05) is 18.2 Å². The Balaban J connectivity index is 1.79. The lowest BCUT2D eigenvalue weighted by Crippen LogP contribution is -2.44. The van der Waals surface area contributed by atoms with Gasteiger partial charge in [0.2, 0.25) is 11.8 Å². The summed E-state index contributed by atoms with van der Waals surface area (Å²) in [5, 5.41) is 5.43. The molecule has 0 radical (unpaired) electrons. The van der Waals surface area contributed by atoms with E-state index in [9.17, 15) is 14.0 Å². The fraction of sp³-hybridized carbons (Fsp3) is 0.500. The SMILES string of the molecule is COCCNC(=O)C1(C(=O)NCCc2ccccc2F)CC1. The van der Waals surface area contributed by atoms with Crippen molar-refractivity contribution in [1.29, 1.82) is 0 Å². The molecule has 0 aliphatic heterocycles. The predicted octanol–water partition coefficient (Wildman–Crippen LogP) is 1.03. The van der Waals surface area contributed by atoms with Crippen LogP contribution in [0.5, 0.6) is 0 Å². The number of ether oxygens (including phenoxy) is 1. The average Bonchev–Trinajstić information content (AvgIpc) is 3.31. The number of halogens is 1. The second kappa shape index (κ2) is 7.35. The van der Waals surface area contributed by atoms with E-state index in [2.05, 4.69) is 10.6 Å². The number of methoxy groups -OCH3 is 1. The first-order valence-corrected chi connectivity index (χ1v) is 7.39. The first-order chi connectivity index (χ1) is 10.6. The van der Waals surface area contributed by atoms with Crippen molar-refractivity contribution in [3.63, 3.8) is 0 Å². The maximum atomic E-state index is 13.5. The van der Waals surface area contributed by atoms with Crippen molar-refractivity contribution < 1.29 is 18.7 Å². The molecule has 6 heteroatoms. The molecular weight excluding hydrogens is 287 g/mol. The molecule has 0 unspecified atom stereocenters. The van der Waals surface area contributed by atoms with Gasteiger partial charge in [0, 0.05) is 20.2 Å². The number of carbonyl (C=O) groups is 2. The van der Waals surface area contributed by atoms with Crippen molar-refractivity contribution in [2.45, 2.75) is 19.3 Å². The van der Waals surface area contributed by atoms with E-state index in [-0.39, 0.29) is 17.6 Å². The van der Waals surface area contributed by atoms with E-state index in [1.165, 1.54) is 6.07 Å². The van der Waals surface area contributed by atoms with Crippen molar-refractivity contribution in [1.82, 2.24) is 10.6 Å². The first-order valence-electron chi connectivity index (χ1n) is 7.39. The Hall–Kier alpha value is -1.95. The molecule has 0 heterocycles. The zero-order chi connectivity index (χ0) is 16.0. The fourth-order valence-corrected chi connectivity index (χ4v) is 2.30. The molecule has 22 heavy (non-hydrogen) atoms. The van der Waals surface area contributed by atoms with Gasteiger partial charge in [-0.25, -0.2) is 4.39 Å².